The van der Waals surface area contributed by atoms with E-state index in [4.69, 9.17) is 16.1 Å². The van der Waals surface area contributed by atoms with E-state index in [0.29, 0.717) is 18.4 Å². The quantitative estimate of drug-likeness (QED) is 0.768. The van der Waals surface area contributed by atoms with Crippen molar-refractivity contribution in [3.05, 3.63) is 42.0 Å². The molecular formula is C10H8ClN7O. The van der Waals surface area contributed by atoms with Crippen LogP contribution in [-0.2, 0) is 6.54 Å². The van der Waals surface area contributed by atoms with Gasteiger partial charge in [0, 0.05) is 18.5 Å². The summed E-state index contributed by atoms with van der Waals surface area (Å²) >= 11 is 5.86. The molecule has 3 rings (SSSR count). The fourth-order valence-electron chi connectivity index (χ4n) is 1.41. The van der Waals surface area contributed by atoms with Crippen LogP contribution in [0.3, 0.4) is 0 Å². The Bertz CT molecular complexity index is 653. The summed E-state index contributed by atoms with van der Waals surface area (Å²) in [6.07, 6.45) is 6.41. The molecule has 3 heterocycles. The normalized spacial score (nSPS) is 10.6. The van der Waals surface area contributed by atoms with Gasteiger partial charge in [-0.05, 0) is 11.6 Å². The molecule has 0 aliphatic heterocycles. The Labute approximate surface area is 112 Å². The summed E-state index contributed by atoms with van der Waals surface area (Å²) in [6.45, 7) is 0.431. The lowest BCUT2D eigenvalue weighted by Crippen LogP contribution is -2.08. The highest BCUT2D eigenvalue weighted by molar-refractivity contribution is 6.28. The van der Waals surface area contributed by atoms with Gasteiger partial charge in [0.25, 0.3) is 0 Å². The van der Waals surface area contributed by atoms with Crippen LogP contribution in [0.1, 0.15) is 5.69 Å². The molecule has 0 fully saturated rings. The molecule has 0 aliphatic carbocycles. The maximum absolute atomic E-state index is 5.86. The summed E-state index contributed by atoms with van der Waals surface area (Å²) < 4.78 is 6.36. The van der Waals surface area contributed by atoms with Crippen molar-refractivity contribution in [2.24, 2.45) is 0 Å². The van der Waals surface area contributed by atoms with Gasteiger partial charge in [-0.2, -0.15) is 15.0 Å². The standard InChI is InChI=1S/C10H8ClN7O/c11-8-14-9(13-5-7-1-4-19-17-7)16-10(15-8)18-3-2-12-6-18/h1-4,6H,5H2,(H,13,14,15,16). The van der Waals surface area contributed by atoms with Crippen molar-refractivity contribution in [3.8, 4) is 5.95 Å². The van der Waals surface area contributed by atoms with Crippen LogP contribution in [0.25, 0.3) is 5.95 Å². The van der Waals surface area contributed by atoms with E-state index in [0.717, 1.165) is 5.69 Å². The molecule has 8 nitrogen and oxygen atoms in total. The Morgan fingerprint density at radius 2 is 2.26 bits per heavy atom. The molecule has 0 aromatic carbocycles. The van der Waals surface area contributed by atoms with Crippen LogP contribution in [0, 0.1) is 0 Å². The zero-order valence-electron chi connectivity index (χ0n) is 9.56. The summed E-state index contributed by atoms with van der Waals surface area (Å²) in [7, 11) is 0. The van der Waals surface area contributed by atoms with Crippen LogP contribution < -0.4 is 5.32 Å². The van der Waals surface area contributed by atoms with E-state index < -0.39 is 0 Å². The zero-order valence-corrected chi connectivity index (χ0v) is 10.3. The molecule has 9 heteroatoms. The molecule has 0 radical (unpaired) electrons. The molecule has 96 valence electrons. The molecule has 3 aromatic heterocycles. The minimum Gasteiger partial charge on any atom is -0.364 e. The first-order chi connectivity index (χ1) is 9.31. The van der Waals surface area contributed by atoms with Gasteiger partial charge in [0.1, 0.15) is 18.3 Å². The molecule has 1 N–H and O–H groups in total. The first-order valence-corrected chi connectivity index (χ1v) is 5.72. The molecule has 0 bridgehead atoms. The summed E-state index contributed by atoms with van der Waals surface area (Å²) in [5.74, 6) is 0.742. The number of hydrogen-bond acceptors (Lipinski definition) is 7. The number of anilines is 1. The van der Waals surface area contributed by atoms with E-state index in [-0.39, 0.29) is 5.28 Å². The average molecular weight is 278 g/mol. The maximum atomic E-state index is 5.86. The third kappa shape index (κ3) is 2.68. The number of halogens is 1. The van der Waals surface area contributed by atoms with Gasteiger partial charge in [-0.15, -0.1) is 0 Å². The monoisotopic (exact) mass is 277 g/mol. The van der Waals surface area contributed by atoms with E-state index in [1.54, 1.807) is 29.4 Å². The second kappa shape index (κ2) is 5.02. The predicted molar refractivity (Wildman–Crippen MR) is 65.8 cm³/mol. The molecular weight excluding hydrogens is 270 g/mol. The Morgan fingerprint density at radius 3 is 3.00 bits per heavy atom. The number of hydrogen-bond donors (Lipinski definition) is 1. The van der Waals surface area contributed by atoms with Crippen molar-refractivity contribution < 1.29 is 4.52 Å². The van der Waals surface area contributed by atoms with Crippen molar-refractivity contribution in [2.45, 2.75) is 6.54 Å². The van der Waals surface area contributed by atoms with Crippen LogP contribution in [-0.4, -0.2) is 29.7 Å². The molecule has 0 saturated heterocycles. The lowest BCUT2D eigenvalue weighted by atomic mass is 10.4. The van der Waals surface area contributed by atoms with Crippen molar-refractivity contribution >= 4 is 17.5 Å². The Hall–Kier alpha value is -2.48. The molecule has 3 aromatic rings. The smallest absolute Gasteiger partial charge is 0.241 e. The van der Waals surface area contributed by atoms with E-state index >= 15 is 0 Å². The molecule has 0 amide bonds. The predicted octanol–water partition coefficient (Wildman–Crippen LogP) is 1.31. The van der Waals surface area contributed by atoms with Crippen LogP contribution in [0.5, 0.6) is 0 Å². The Kier molecular flexibility index (Phi) is 3.07. The van der Waals surface area contributed by atoms with E-state index in [1.165, 1.54) is 6.26 Å². The first-order valence-electron chi connectivity index (χ1n) is 5.34. The van der Waals surface area contributed by atoms with Gasteiger partial charge in [-0.3, -0.25) is 4.57 Å². The Balaban J connectivity index is 1.82. The molecule has 0 unspecified atom stereocenters. The third-order valence-corrected chi connectivity index (χ3v) is 2.42. The molecule has 0 spiro atoms. The van der Waals surface area contributed by atoms with E-state index in [1.807, 2.05) is 0 Å². The summed E-state index contributed by atoms with van der Waals surface area (Å²) in [4.78, 5) is 16.1. The fourth-order valence-corrected chi connectivity index (χ4v) is 1.57. The Morgan fingerprint density at radius 1 is 1.32 bits per heavy atom. The van der Waals surface area contributed by atoms with Crippen molar-refractivity contribution in [3.63, 3.8) is 0 Å². The number of imidazole rings is 1. The molecule has 0 atom stereocenters. The van der Waals surface area contributed by atoms with Crippen molar-refractivity contribution in [2.75, 3.05) is 5.32 Å². The van der Waals surface area contributed by atoms with Crippen molar-refractivity contribution in [1.82, 2.24) is 29.7 Å². The number of nitrogens with one attached hydrogen (secondary N) is 1. The third-order valence-electron chi connectivity index (χ3n) is 2.25. The van der Waals surface area contributed by atoms with Crippen LogP contribution in [0.4, 0.5) is 5.95 Å². The maximum Gasteiger partial charge on any atom is 0.241 e. The van der Waals surface area contributed by atoms with Gasteiger partial charge in [0.05, 0.1) is 6.54 Å². The van der Waals surface area contributed by atoms with E-state index in [9.17, 15) is 0 Å². The number of rotatable bonds is 4. The lowest BCUT2D eigenvalue weighted by Gasteiger charge is -2.05. The van der Waals surface area contributed by atoms with Gasteiger partial charge in [-0.25, -0.2) is 4.98 Å². The summed E-state index contributed by atoms with van der Waals surface area (Å²) in [5.41, 5.74) is 0.737. The second-order valence-corrected chi connectivity index (χ2v) is 3.88. The highest BCUT2D eigenvalue weighted by Crippen LogP contribution is 2.10. The minimum absolute atomic E-state index is 0.0985. The largest absolute Gasteiger partial charge is 0.364 e. The number of aromatic nitrogens is 6. The SMILES string of the molecule is Clc1nc(NCc2ccon2)nc(-n2ccnc2)n1. The van der Waals surface area contributed by atoms with Gasteiger partial charge in [0.2, 0.25) is 17.2 Å². The first kappa shape index (κ1) is 11.6. The second-order valence-electron chi connectivity index (χ2n) is 3.54. The molecule has 19 heavy (non-hydrogen) atoms. The zero-order chi connectivity index (χ0) is 13.1. The molecule has 0 aliphatic rings. The highest BCUT2D eigenvalue weighted by Gasteiger charge is 2.07. The minimum atomic E-state index is 0.0985. The molecule has 0 saturated carbocycles. The van der Waals surface area contributed by atoms with Crippen molar-refractivity contribution in [1.29, 1.82) is 0 Å². The van der Waals surface area contributed by atoms with Gasteiger partial charge in [-0.1, -0.05) is 5.16 Å². The fraction of sp³-hybridized carbons (Fsp3) is 0.100. The van der Waals surface area contributed by atoms with Crippen LogP contribution >= 0.6 is 11.6 Å². The van der Waals surface area contributed by atoms with Gasteiger partial charge >= 0.3 is 0 Å². The summed E-state index contributed by atoms with van der Waals surface area (Å²) in [6, 6.07) is 1.74. The van der Waals surface area contributed by atoms with Gasteiger partial charge in [0.15, 0.2) is 0 Å². The van der Waals surface area contributed by atoms with Crippen LogP contribution in [0.15, 0.2) is 35.6 Å². The lowest BCUT2D eigenvalue weighted by molar-refractivity contribution is 0.412. The van der Waals surface area contributed by atoms with Crippen LogP contribution in [0.2, 0.25) is 5.28 Å². The summed E-state index contributed by atoms with van der Waals surface area (Å²) in [5, 5.41) is 6.85. The van der Waals surface area contributed by atoms with E-state index in [2.05, 4.69) is 30.4 Å². The average Bonchev–Trinajstić information content (AvgIpc) is 3.09. The highest BCUT2D eigenvalue weighted by atomic mass is 35.5. The number of nitrogens with zero attached hydrogens (tertiary/aromatic N) is 6. The topological polar surface area (TPSA) is 94.6 Å². The van der Waals surface area contributed by atoms with Gasteiger partial charge < -0.3 is 9.84 Å².